The summed E-state index contributed by atoms with van der Waals surface area (Å²) >= 11 is 0. The Bertz CT molecular complexity index is 535. The molecule has 0 aliphatic carbocycles. The molecule has 92 valence electrons. The van der Waals surface area contributed by atoms with Crippen molar-refractivity contribution in [2.24, 2.45) is 0 Å². The van der Waals surface area contributed by atoms with Gasteiger partial charge >= 0.3 is 0 Å². The first-order valence-electron chi connectivity index (χ1n) is 5.31. The van der Waals surface area contributed by atoms with Gasteiger partial charge in [-0.15, -0.1) is 0 Å². The second-order valence-corrected chi connectivity index (χ2v) is 4.08. The topological polar surface area (TPSA) is 73.2 Å². The van der Waals surface area contributed by atoms with E-state index in [2.05, 4.69) is 5.32 Å². The number of hydrogen-bond donors (Lipinski definition) is 1. The van der Waals surface area contributed by atoms with Gasteiger partial charge in [-0.25, -0.2) is 4.39 Å². The molecule has 0 atom stereocenters. The van der Waals surface area contributed by atoms with E-state index in [0.29, 0.717) is 5.56 Å². The average Bonchev–Trinajstić information content (AvgIpc) is 2.26. The second kappa shape index (κ2) is 4.94. The van der Waals surface area contributed by atoms with E-state index in [0.717, 1.165) is 6.07 Å². The molecule has 1 aromatic carbocycles. The first-order chi connectivity index (χ1) is 8.56. The van der Waals surface area contributed by atoms with E-state index in [9.17, 15) is 14.0 Å². The third kappa shape index (κ3) is 2.90. The zero-order chi connectivity index (χ0) is 13.1. The van der Waals surface area contributed by atoms with Crippen LogP contribution < -0.4 is 5.32 Å². The minimum absolute atomic E-state index is 0.0874. The van der Waals surface area contributed by atoms with Crippen molar-refractivity contribution in [3.05, 3.63) is 35.1 Å². The molecule has 0 spiro atoms. The maximum atomic E-state index is 13.2. The lowest BCUT2D eigenvalue weighted by Crippen LogP contribution is -2.50. The Hall–Kier alpha value is -2.26. The van der Waals surface area contributed by atoms with Crippen molar-refractivity contribution in [2.45, 2.75) is 6.54 Å². The monoisotopic (exact) mass is 247 g/mol. The molecule has 0 radical (unpaired) electrons. The molecule has 1 aliphatic rings. The van der Waals surface area contributed by atoms with Gasteiger partial charge < -0.3 is 0 Å². The molecular weight excluding hydrogens is 237 g/mol. The molecule has 1 heterocycles. The molecule has 0 saturated carbocycles. The Morgan fingerprint density at radius 2 is 1.94 bits per heavy atom. The van der Waals surface area contributed by atoms with Crippen molar-refractivity contribution in [3.8, 4) is 6.07 Å². The fraction of sp³-hybridized carbons (Fsp3) is 0.250. The summed E-state index contributed by atoms with van der Waals surface area (Å²) in [6.07, 6.45) is 0. The molecule has 2 rings (SSSR count). The number of hydrogen-bond acceptors (Lipinski definition) is 4. The lowest BCUT2D eigenvalue weighted by molar-refractivity contribution is -0.136. The van der Waals surface area contributed by atoms with Gasteiger partial charge in [0.05, 0.1) is 24.7 Å². The van der Waals surface area contributed by atoms with Crippen molar-refractivity contribution in [3.63, 3.8) is 0 Å². The summed E-state index contributed by atoms with van der Waals surface area (Å²) in [7, 11) is 0. The molecule has 0 bridgehead atoms. The minimum Gasteiger partial charge on any atom is -0.294 e. The van der Waals surface area contributed by atoms with Gasteiger partial charge in [0, 0.05) is 6.54 Å². The minimum atomic E-state index is -0.503. The number of piperazine rings is 1. The van der Waals surface area contributed by atoms with Crippen molar-refractivity contribution in [1.29, 1.82) is 5.26 Å². The largest absolute Gasteiger partial charge is 0.294 e. The van der Waals surface area contributed by atoms with Crippen LogP contribution in [0.25, 0.3) is 0 Å². The lowest BCUT2D eigenvalue weighted by atomic mass is 10.1. The number of nitriles is 1. The fourth-order valence-corrected chi connectivity index (χ4v) is 1.87. The summed E-state index contributed by atoms with van der Waals surface area (Å²) in [6, 6.07) is 5.83. The standard InChI is InChI=1S/C12H10FN3O2/c13-10-2-8(4-14)1-9(3-10)5-16-6-11(17)15-12(18)7-16/h1-3H,5-7H2,(H,15,17,18). The highest BCUT2D eigenvalue weighted by molar-refractivity contribution is 5.99. The normalized spacial score (nSPS) is 16.2. The Labute approximate surface area is 103 Å². The molecule has 1 aromatic rings. The van der Waals surface area contributed by atoms with E-state index < -0.39 is 5.82 Å². The Morgan fingerprint density at radius 3 is 2.56 bits per heavy atom. The van der Waals surface area contributed by atoms with Crippen LogP contribution in [0.3, 0.4) is 0 Å². The number of amides is 2. The summed E-state index contributed by atoms with van der Waals surface area (Å²) in [6.45, 7) is 0.430. The number of carbonyl (C=O) groups excluding carboxylic acids is 2. The van der Waals surface area contributed by atoms with Crippen LogP contribution in [0.5, 0.6) is 0 Å². The third-order valence-corrected chi connectivity index (χ3v) is 2.51. The summed E-state index contributed by atoms with van der Waals surface area (Å²) in [5, 5.41) is 10.9. The van der Waals surface area contributed by atoms with E-state index in [4.69, 9.17) is 5.26 Å². The van der Waals surface area contributed by atoms with Crippen LogP contribution >= 0.6 is 0 Å². The predicted octanol–water partition coefficient (Wildman–Crippen LogP) is 0.156. The number of imide groups is 1. The Balaban J connectivity index is 2.14. The Kier molecular flexibility index (Phi) is 3.35. The van der Waals surface area contributed by atoms with Crippen LogP contribution in [0.1, 0.15) is 11.1 Å². The van der Waals surface area contributed by atoms with Crippen molar-refractivity contribution in [2.75, 3.05) is 13.1 Å². The van der Waals surface area contributed by atoms with E-state index in [1.165, 1.54) is 6.07 Å². The number of nitrogens with one attached hydrogen (secondary N) is 1. The average molecular weight is 247 g/mol. The van der Waals surface area contributed by atoms with Crippen LogP contribution in [-0.2, 0) is 16.1 Å². The Morgan fingerprint density at radius 1 is 1.28 bits per heavy atom. The van der Waals surface area contributed by atoms with Gasteiger partial charge in [-0.3, -0.25) is 19.8 Å². The van der Waals surface area contributed by atoms with Gasteiger partial charge in [-0.05, 0) is 23.8 Å². The lowest BCUT2D eigenvalue weighted by Gasteiger charge is -2.25. The van der Waals surface area contributed by atoms with Crippen LogP contribution in [0.4, 0.5) is 4.39 Å². The van der Waals surface area contributed by atoms with E-state index in [1.54, 1.807) is 11.0 Å². The summed E-state index contributed by atoms with van der Waals surface area (Å²) in [5.74, 6) is -1.25. The fourth-order valence-electron chi connectivity index (χ4n) is 1.87. The summed E-state index contributed by atoms with van der Waals surface area (Å²) < 4.78 is 13.2. The van der Waals surface area contributed by atoms with Crippen molar-refractivity contribution >= 4 is 11.8 Å². The first-order valence-corrected chi connectivity index (χ1v) is 5.31. The molecular formula is C12H10FN3O2. The highest BCUT2D eigenvalue weighted by Gasteiger charge is 2.22. The van der Waals surface area contributed by atoms with Crippen LogP contribution in [0.15, 0.2) is 18.2 Å². The van der Waals surface area contributed by atoms with Gasteiger partial charge in [0.2, 0.25) is 11.8 Å². The molecule has 2 amide bonds. The smallest absolute Gasteiger partial charge is 0.240 e. The SMILES string of the molecule is N#Cc1cc(F)cc(CN2CC(=O)NC(=O)C2)c1. The van der Waals surface area contributed by atoms with Crippen LogP contribution in [0.2, 0.25) is 0 Å². The van der Waals surface area contributed by atoms with Crippen LogP contribution in [-0.4, -0.2) is 29.8 Å². The summed E-state index contributed by atoms with van der Waals surface area (Å²) in [4.78, 5) is 23.9. The molecule has 1 N–H and O–H groups in total. The van der Waals surface area contributed by atoms with E-state index in [1.807, 2.05) is 6.07 Å². The number of carbonyl (C=O) groups is 2. The molecule has 18 heavy (non-hydrogen) atoms. The highest BCUT2D eigenvalue weighted by atomic mass is 19.1. The van der Waals surface area contributed by atoms with Gasteiger partial charge in [0.1, 0.15) is 5.82 Å². The molecule has 0 aromatic heterocycles. The predicted molar refractivity (Wildman–Crippen MR) is 59.5 cm³/mol. The molecule has 1 aliphatic heterocycles. The van der Waals surface area contributed by atoms with Gasteiger partial charge in [-0.2, -0.15) is 5.26 Å². The number of halogens is 1. The molecule has 1 fully saturated rings. The number of benzene rings is 1. The van der Waals surface area contributed by atoms with E-state index >= 15 is 0 Å². The van der Waals surface area contributed by atoms with E-state index in [-0.39, 0.29) is 37.0 Å². The highest BCUT2D eigenvalue weighted by Crippen LogP contribution is 2.11. The van der Waals surface area contributed by atoms with Gasteiger partial charge in [-0.1, -0.05) is 0 Å². The molecule has 1 saturated heterocycles. The zero-order valence-electron chi connectivity index (χ0n) is 9.44. The quantitative estimate of drug-likeness (QED) is 0.755. The van der Waals surface area contributed by atoms with Crippen LogP contribution in [0, 0.1) is 17.1 Å². The zero-order valence-corrected chi connectivity index (χ0v) is 9.44. The molecule has 6 heteroatoms. The number of rotatable bonds is 2. The maximum absolute atomic E-state index is 13.2. The molecule has 0 unspecified atom stereocenters. The van der Waals surface area contributed by atoms with Crippen molar-refractivity contribution in [1.82, 2.24) is 10.2 Å². The summed E-state index contributed by atoms with van der Waals surface area (Å²) in [5.41, 5.74) is 0.784. The first kappa shape index (κ1) is 12.2. The molecule has 5 nitrogen and oxygen atoms in total. The number of nitrogens with zero attached hydrogens (tertiary/aromatic N) is 2. The van der Waals surface area contributed by atoms with Gasteiger partial charge in [0.15, 0.2) is 0 Å². The maximum Gasteiger partial charge on any atom is 0.240 e. The van der Waals surface area contributed by atoms with Gasteiger partial charge in [0.25, 0.3) is 0 Å². The second-order valence-electron chi connectivity index (χ2n) is 4.08. The van der Waals surface area contributed by atoms with Crippen molar-refractivity contribution < 1.29 is 14.0 Å². The third-order valence-electron chi connectivity index (χ3n) is 2.51.